The van der Waals surface area contributed by atoms with E-state index in [1.807, 2.05) is 31.2 Å². The third-order valence-corrected chi connectivity index (χ3v) is 6.96. The van der Waals surface area contributed by atoms with E-state index in [-0.39, 0.29) is 11.7 Å². The second-order valence-corrected chi connectivity index (χ2v) is 10.1. The third kappa shape index (κ3) is 5.56. The summed E-state index contributed by atoms with van der Waals surface area (Å²) < 4.78 is 52.5. The van der Waals surface area contributed by atoms with Gasteiger partial charge in [-0.1, -0.05) is 12.1 Å². The van der Waals surface area contributed by atoms with Crippen molar-refractivity contribution in [3.8, 4) is 0 Å². The van der Waals surface area contributed by atoms with E-state index in [4.69, 9.17) is 0 Å². The van der Waals surface area contributed by atoms with E-state index >= 15 is 0 Å². The van der Waals surface area contributed by atoms with E-state index < -0.39 is 33.6 Å². The number of rotatable bonds is 7. The molecule has 0 bridgehead atoms. The first-order valence-electron chi connectivity index (χ1n) is 10.7. The molecule has 9 heteroatoms. The van der Waals surface area contributed by atoms with Crippen molar-refractivity contribution in [1.82, 2.24) is 5.32 Å². The molecule has 1 aliphatic rings. The molecule has 0 spiro atoms. The van der Waals surface area contributed by atoms with Crippen molar-refractivity contribution in [3.05, 3.63) is 59.7 Å². The molecule has 3 rings (SSSR count). The Hall–Kier alpha value is -2.68. The molecule has 1 saturated heterocycles. The van der Waals surface area contributed by atoms with Crippen LogP contribution in [0.15, 0.2) is 42.5 Å². The molecule has 0 aromatic heterocycles. The number of hydrogen-bond donors (Lipinski definition) is 1. The number of hydrogen-bond acceptors (Lipinski definition) is 4. The van der Waals surface area contributed by atoms with Gasteiger partial charge < -0.3 is 10.2 Å². The van der Waals surface area contributed by atoms with E-state index in [1.54, 1.807) is 0 Å². The topological polar surface area (TPSA) is 69.7 Å². The van der Waals surface area contributed by atoms with Crippen LogP contribution in [0.2, 0.25) is 0 Å². The zero-order valence-electron chi connectivity index (χ0n) is 18.5. The quantitative estimate of drug-likeness (QED) is 0.672. The van der Waals surface area contributed by atoms with Crippen LogP contribution in [-0.4, -0.2) is 39.7 Å². The summed E-state index contributed by atoms with van der Waals surface area (Å²) in [6, 6.07) is 9.14. The first-order valence-corrected chi connectivity index (χ1v) is 12.5. The standard InChI is InChI=1S/C23H29F2N3O3S/c1-16(18-7-9-19(10-8-18)27-13-5-4-6-14-27)26-23(29)17(2)28(32(3,30)31)20-11-12-21(24)22(25)15-20/h7-12,15-17H,4-6,13-14H2,1-3H3,(H,26,29)/t16-,17-/m0/s1. The maximum absolute atomic E-state index is 13.7. The van der Waals surface area contributed by atoms with Crippen LogP contribution in [0.25, 0.3) is 0 Å². The van der Waals surface area contributed by atoms with Gasteiger partial charge in [-0.05, 0) is 62.9 Å². The van der Waals surface area contributed by atoms with E-state index in [0.717, 1.165) is 53.1 Å². The number of benzene rings is 2. The van der Waals surface area contributed by atoms with Crippen LogP contribution in [0, 0.1) is 11.6 Å². The Morgan fingerprint density at radius 2 is 1.62 bits per heavy atom. The molecule has 174 valence electrons. The highest BCUT2D eigenvalue weighted by Crippen LogP contribution is 2.25. The van der Waals surface area contributed by atoms with Crippen molar-refractivity contribution in [2.75, 3.05) is 28.6 Å². The average Bonchev–Trinajstić information content (AvgIpc) is 2.76. The predicted molar refractivity (Wildman–Crippen MR) is 122 cm³/mol. The fourth-order valence-electron chi connectivity index (χ4n) is 3.97. The Labute approximate surface area is 188 Å². The van der Waals surface area contributed by atoms with Crippen LogP contribution >= 0.6 is 0 Å². The molecule has 0 unspecified atom stereocenters. The molecule has 2 aromatic carbocycles. The summed E-state index contributed by atoms with van der Waals surface area (Å²) >= 11 is 0. The minimum Gasteiger partial charge on any atom is -0.372 e. The highest BCUT2D eigenvalue weighted by atomic mass is 32.2. The summed E-state index contributed by atoms with van der Waals surface area (Å²) in [5, 5.41) is 2.82. The number of nitrogens with one attached hydrogen (secondary N) is 1. The van der Waals surface area contributed by atoms with Crippen LogP contribution in [0.3, 0.4) is 0 Å². The van der Waals surface area contributed by atoms with Gasteiger partial charge in [0.25, 0.3) is 0 Å². The van der Waals surface area contributed by atoms with Gasteiger partial charge in [0.2, 0.25) is 15.9 Å². The highest BCUT2D eigenvalue weighted by Gasteiger charge is 2.30. The minimum atomic E-state index is -3.93. The first kappa shape index (κ1) is 24.0. The van der Waals surface area contributed by atoms with Gasteiger partial charge in [0, 0.05) is 24.8 Å². The summed E-state index contributed by atoms with van der Waals surface area (Å²) in [6.07, 6.45) is 4.54. The van der Waals surface area contributed by atoms with Gasteiger partial charge in [0.05, 0.1) is 18.0 Å². The molecule has 1 amide bonds. The normalized spacial score (nSPS) is 16.3. The molecule has 32 heavy (non-hydrogen) atoms. The molecule has 0 saturated carbocycles. The summed E-state index contributed by atoms with van der Waals surface area (Å²) in [5.41, 5.74) is 1.90. The molecule has 1 aliphatic heterocycles. The average molecular weight is 466 g/mol. The van der Waals surface area contributed by atoms with E-state index in [2.05, 4.69) is 10.2 Å². The summed E-state index contributed by atoms with van der Waals surface area (Å²) in [6.45, 7) is 5.29. The van der Waals surface area contributed by atoms with Crippen LogP contribution in [0.1, 0.15) is 44.7 Å². The lowest BCUT2D eigenvalue weighted by atomic mass is 10.1. The lowest BCUT2D eigenvalue weighted by Crippen LogP contribution is -2.48. The van der Waals surface area contributed by atoms with Crippen molar-refractivity contribution in [2.45, 2.75) is 45.2 Å². The Bertz CT molecular complexity index is 1050. The number of nitrogens with zero attached hydrogens (tertiary/aromatic N) is 2. The van der Waals surface area contributed by atoms with Gasteiger partial charge in [-0.15, -0.1) is 0 Å². The van der Waals surface area contributed by atoms with Crippen molar-refractivity contribution >= 4 is 27.3 Å². The number of sulfonamides is 1. The van der Waals surface area contributed by atoms with Gasteiger partial charge in [-0.2, -0.15) is 0 Å². The monoisotopic (exact) mass is 465 g/mol. The number of amides is 1. The van der Waals surface area contributed by atoms with Crippen molar-refractivity contribution in [2.24, 2.45) is 0 Å². The van der Waals surface area contributed by atoms with Gasteiger partial charge in [-0.3, -0.25) is 9.10 Å². The molecule has 1 fully saturated rings. The molecule has 0 aliphatic carbocycles. The van der Waals surface area contributed by atoms with E-state index in [1.165, 1.54) is 26.2 Å². The first-order chi connectivity index (χ1) is 15.1. The Balaban J connectivity index is 1.73. The smallest absolute Gasteiger partial charge is 0.244 e. The second kappa shape index (κ2) is 9.85. The zero-order valence-corrected chi connectivity index (χ0v) is 19.3. The zero-order chi connectivity index (χ0) is 23.5. The Morgan fingerprint density at radius 1 is 1.00 bits per heavy atom. The number of carbonyl (C=O) groups is 1. The fourth-order valence-corrected chi connectivity index (χ4v) is 5.14. The minimum absolute atomic E-state index is 0.118. The summed E-state index contributed by atoms with van der Waals surface area (Å²) in [5.74, 6) is -2.83. The van der Waals surface area contributed by atoms with Crippen LogP contribution in [0.4, 0.5) is 20.2 Å². The molecule has 2 atom stereocenters. The fraction of sp³-hybridized carbons (Fsp3) is 0.435. The van der Waals surface area contributed by atoms with Crippen LogP contribution in [-0.2, 0) is 14.8 Å². The maximum atomic E-state index is 13.7. The van der Waals surface area contributed by atoms with Crippen LogP contribution in [0.5, 0.6) is 0 Å². The van der Waals surface area contributed by atoms with Gasteiger partial charge in [-0.25, -0.2) is 17.2 Å². The molecule has 2 aromatic rings. The number of carbonyl (C=O) groups excluding carboxylic acids is 1. The lowest BCUT2D eigenvalue weighted by Gasteiger charge is -2.30. The van der Waals surface area contributed by atoms with Gasteiger partial charge >= 0.3 is 0 Å². The SMILES string of the molecule is C[C@H](NC(=O)[C@H](C)N(c1ccc(F)c(F)c1)S(C)(=O)=O)c1ccc(N2CCCCC2)cc1. The van der Waals surface area contributed by atoms with Crippen molar-refractivity contribution < 1.29 is 22.0 Å². The van der Waals surface area contributed by atoms with Gasteiger partial charge in [0.1, 0.15) is 6.04 Å². The maximum Gasteiger partial charge on any atom is 0.244 e. The number of piperidine rings is 1. The summed E-state index contributed by atoms with van der Waals surface area (Å²) in [4.78, 5) is 15.2. The van der Waals surface area contributed by atoms with Gasteiger partial charge in [0.15, 0.2) is 11.6 Å². The Kier molecular flexibility index (Phi) is 7.38. The summed E-state index contributed by atoms with van der Waals surface area (Å²) in [7, 11) is -3.93. The molecular formula is C23H29F2N3O3S. The van der Waals surface area contributed by atoms with E-state index in [9.17, 15) is 22.0 Å². The van der Waals surface area contributed by atoms with Crippen molar-refractivity contribution in [1.29, 1.82) is 0 Å². The third-order valence-electron chi connectivity index (χ3n) is 5.72. The molecule has 0 radical (unpaired) electrons. The van der Waals surface area contributed by atoms with Crippen LogP contribution < -0.4 is 14.5 Å². The molecular weight excluding hydrogens is 436 g/mol. The van der Waals surface area contributed by atoms with Crippen molar-refractivity contribution in [3.63, 3.8) is 0 Å². The molecule has 6 nitrogen and oxygen atoms in total. The number of halogens is 2. The lowest BCUT2D eigenvalue weighted by molar-refractivity contribution is -0.122. The molecule has 1 heterocycles. The highest BCUT2D eigenvalue weighted by molar-refractivity contribution is 7.92. The Morgan fingerprint density at radius 3 is 2.19 bits per heavy atom. The largest absolute Gasteiger partial charge is 0.372 e. The molecule has 1 N–H and O–H groups in total. The van der Waals surface area contributed by atoms with E-state index in [0.29, 0.717) is 0 Å². The second-order valence-electron chi connectivity index (χ2n) is 8.20. The number of anilines is 2. The predicted octanol–water partition coefficient (Wildman–Crippen LogP) is 3.99.